The number of anilines is 1. The average molecular weight is 494 g/mol. The lowest BCUT2D eigenvalue weighted by Crippen LogP contribution is -2.33. The minimum absolute atomic E-state index is 0.0529. The first-order valence-corrected chi connectivity index (χ1v) is 12.3. The van der Waals surface area contributed by atoms with Gasteiger partial charge in [0.1, 0.15) is 35.5 Å². The molecule has 5 rings (SSSR count). The maximum absolute atomic E-state index is 15.1. The van der Waals surface area contributed by atoms with E-state index in [1.165, 1.54) is 23.9 Å². The van der Waals surface area contributed by atoms with Gasteiger partial charge in [-0.2, -0.15) is 0 Å². The number of hydrogen-bond donors (Lipinski definition) is 0. The maximum Gasteiger partial charge on any atom is 0.143 e. The highest BCUT2D eigenvalue weighted by Gasteiger charge is 2.24. The van der Waals surface area contributed by atoms with Crippen LogP contribution in [0.2, 0.25) is 0 Å². The number of benzene rings is 4. The SMILES string of the molecule is COc1ccc(CSc2cc(F)c(CN3CCOc4ccc5cc(OC)ccc5c43)c(F)c2)cc1. The molecule has 0 fully saturated rings. The minimum Gasteiger partial charge on any atom is -0.497 e. The Morgan fingerprint density at radius 2 is 1.60 bits per heavy atom. The number of rotatable bonds is 7. The first-order valence-electron chi connectivity index (χ1n) is 11.3. The van der Waals surface area contributed by atoms with Gasteiger partial charge in [0.15, 0.2) is 0 Å². The molecule has 0 amide bonds. The third-order valence-electron chi connectivity index (χ3n) is 6.12. The molecule has 0 bridgehead atoms. The van der Waals surface area contributed by atoms with Gasteiger partial charge in [0.2, 0.25) is 0 Å². The summed E-state index contributed by atoms with van der Waals surface area (Å²) >= 11 is 1.40. The van der Waals surface area contributed by atoms with Crippen LogP contribution in [0.25, 0.3) is 10.8 Å². The molecule has 1 aliphatic rings. The predicted octanol–water partition coefficient (Wildman–Crippen LogP) is 6.83. The summed E-state index contributed by atoms with van der Waals surface area (Å²) in [4.78, 5) is 2.54. The van der Waals surface area contributed by atoms with E-state index >= 15 is 8.78 Å². The van der Waals surface area contributed by atoms with Crippen LogP contribution in [0.4, 0.5) is 14.5 Å². The molecule has 0 spiro atoms. The molecule has 0 aromatic heterocycles. The van der Waals surface area contributed by atoms with Crippen molar-refractivity contribution in [3.8, 4) is 17.2 Å². The summed E-state index contributed by atoms with van der Waals surface area (Å²) in [5.74, 6) is 1.75. The van der Waals surface area contributed by atoms with Crippen molar-refractivity contribution in [1.82, 2.24) is 0 Å². The highest BCUT2D eigenvalue weighted by Crippen LogP contribution is 2.41. The summed E-state index contributed by atoms with van der Waals surface area (Å²) in [6.45, 7) is 1.10. The number of fused-ring (bicyclic) bond motifs is 3. The Morgan fingerprint density at radius 3 is 2.31 bits per heavy atom. The Labute approximate surface area is 207 Å². The molecule has 4 aromatic carbocycles. The van der Waals surface area contributed by atoms with E-state index in [0.29, 0.717) is 29.5 Å². The summed E-state index contributed by atoms with van der Waals surface area (Å²) in [5.41, 5.74) is 1.94. The quantitative estimate of drug-likeness (QED) is 0.264. The van der Waals surface area contributed by atoms with Gasteiger partial charge in [0, 0.05) is 28.1 Å². The average Bonchev–Trinajstić information content (AvgIpc) is 2.89. The molecule has 1 aliphatic heterocycles. The van der Waals surface area contributed by atoms with Gasteiger partial charge in [0.25, 0.3) is 0 Å². The van der Waals surface area contributed by atoms with Crippen molar-refractivity contribution in [3.63, 3.8) is 0 Å². The smallest absolute Gasteiger partial charge is 0.143 e. The van der Waals surface area contributed by atoms with Gasteiger partial charge < -0.3 is 19.1 Å². The van der Waals surface area contributed by atoms with Crippen LogP contribution >= 0.6 is 11.8 Å². The lowest BCUT2D eigenvalue weighted by molar-refractivity contribution is 0.307. The van der Waals surface area contributed by atoms with Gasteiger partial charge in [-0.1, -0.05) is 18.2 Å². The summed E-state index contributed by atoms with van der Waals surface area (Å²) in [5, 5.41) is 1.93. The molecule has 1 heterocycles. The first-order chi connectivity index (χ1) is 17.1. The second-order valence-electron chi connectivity index (χ2n) is 8.27. The second kappa shape index (κ2) is 10.0. The number of methoxy groups -OCH3 is 2. The lowest BCUT2D eigenvalue weighted by Gasteiger charge is -2.32. The van der Waals surface area contributed by atoms with Crippen LogP contribution in [-0.2, 0) is 12.3 Å². The van der Waals surface area contributed by atoms with Crippen LogP contribution in [0.3, 0.4) is 0 Å². The van der Waals surface area contributed by atoms with E-state index in [4.69, 9.17) is 14.2 Å². The van der Waals surface area contributed by atoms with Crippen LogP contribution in [0.5, 0.6) is 17.2 Å². The Hall–Kier alpha value is -3.45. The normalized spacial score (nSPS) is 12.9. The number of thioether (sulfide) groups is 1. The molecule has 0 atom stereocenters. The molecule has 4 nitrogen and oxygen atoms in total. The summed E-state index contributed by atoms with van der Waals surface area (Å²) in [6.07, 6.45) is 0. The highest BCUT2D eigenvalue weighted by molar-refractivity contribution is 7.98. The first kappa shape index (κ1) is 23.3. The molecular weight excluding hydrogens is 468 g/mol. The van der Waals surface area contributed by atoms with Crippen molar-refractivity contribution in [2.24, 2.45) is 0 Å². The second-order valence-corrected chi connectivity index (χ2v) is 9.32. The van der Waals surface area contributed by atoms with Crippen LogP contribution < -0.4 is 19.1 Å². The summed E-state index contributed by atoms with van der Waals surface area (Å²) in [7, 11) is 3.24. The van der Waals surface area contributed by atoms with E-state index in [-0.39, 0.29) is 12.1 Å². The highest BCUT2D eigenvalue weighted by atomic mass is 32.2. The standard InChI is InChI=1S/C28H25F2NO3S/c1-32-20-6-3-18(4-7-20)17-35-22-14-25(29)24(26(30)15-22)16-31-11-12-34-27-10-5-19-13-21(33-2)8-9-23(19)28(27)31/h3-10,13-15H,11-12,16-17H2,1-2H3. The number of hydrogen-bond acceptors (Lipinski definition) is 5. The van der Waals surface area contributed by atoms with Gasteiger partial charge in [-0.05, 0) is 59.5 Å². The Morgan fingerprint density at radius 1 is 0.886 bits per heavy atom. The summed E-state index contributed by atoms with van der Waals surface area (Å²) < 4.78 is 46.6. The van der Waals surface area contributed by atoms with Gasteiger partial charge in [-0.3, -0.25) is 0 Å². The number of ether oxygens (including phenoxy) is 3. The Kier molecular flexibility index (Phi) is 6.68. The van der Waals surface area contributed by atoms with Crippen molar-refractivity contribution in [2.45, 2.75) is 17.2 Å². The van der Waals surface area contributed by atoms with Crippen LogP contribution in [0.1, 0.15) is 11.1 Å². The van der Waals surface area contributed by atoms with Gasteiger partial charge in [0.05, 0.1) is 26.5 Å². The zero-order chi connectivity index (χ0) is 24.4. The van der Waals surface area contributed by atoms with E-state index in [0.717, 1.165) is 33.5 Å². The molecular formula is C28H25F2NO3S. The minimum atomic E-state index is -0.544. The predicted molar refractivity (Wildman–Crippen MR) is 136 cm³/mol. The largest absolute Gasteiger partial charge is 0.497 e. The molecule has 4 aromatic rings. The molecule has 0 saturated carbocycles. The molecule has 0 N–H and O–H groups in total. The zero-order valence-corrected chi connectivity index (χ0v) is 20.3. The Bertz CT molecular complexity index is 1340. The lowest BCUT2D eigenvalue weighted by atomic mass is 10.0. The van der Waals surface area contributed by atoms with Gasteiger partial charge >= 0.3 is 0 Å². The third kappa shape index (κ3) is 4.86. The number of halogens is 2. The van der Waals surface area contributed by atoms with E-state index in [2.05, 4.69) is 0 Å². The fourth-order valence-corrected chi connectivity index (χ4v) is 5.17. The van der Waals surface area contributed by atoms with E-state index in [1.807, 2.05) is 59.5 Å². The molecule has 0 saturated heterocycles. The third-order valence-corrected chi connectivity index (χ3v) is 7.17. The monoisotopic (exact) mass is 493 g/mol. The molecule has 35 heavy (non-hydrogen) atoms. The topological polar surface area (TPSA) is 30.9 Å². The number of nitrogens with zero attached hydrogens (tertiary/aromatic N) is 1. The molecule has 0 unspecified atom stereocenters. The van der Waals surface area contributed by atoms with Crippen molar-refractivity contribution >= 4 is 28.2 Å². The maximum atomic E-state index is 15.1. The van der Waals surface area contributed by atoms with Crippen molar-refractivity contribution < 1.29 is 23.0 Å². The van der Waals surface area contributed by atoms with Gasteiger partial charge in [-0.15, -0.1) is 11.8 Å². The van der Waals surface area contributed by atoms with Crippen molar-refractivity contribution in [2.75, 3.05) is 32.3 Å². The van der Waals surface area contributed by atoms with Gasteiger partial charge in [-0.25, -0.2) is 8.78 Å². The summed E-state index contributed by atoms with van der Waals surface area (Å²) in [6, 6.07) is 20.1. The van der Waals surface area contributed by atoms with E-state index < -0.39 is 11.6 Å². The zero-order valence-electron chi connectivity index (χ0n) is 19.5. The van der Waals surface area contributed by atoms with Crippen molar-refractivity contribution in [1.29, 1.82) is 0 Å². The van der Waals surface area contributed by atoms with Crippen LogP contribution in [0.15, 0.2) is 71.6 Å². The molecule has 0 radical (unpaired) electrons. The molecule has 0 aliphatic carbocycles. The van der Waals surface area contributed by atoms with Crippen LogP contribution in [0, 0.1) is 11.6 Å². The fourth-order valence-electron chi connectivity index (χ4n) is 4.27. The fraction of sp³-hybridized carbons (Fsp3) is 0.214. The van der Waals surface area contributed by atoms with E-state index in [1.54, 1.807) is 14.2 Å². The van der Waals surface area contributed by atoms with Crippen LogP contribution in [-0.4, -0.2) is 27.4 Å². The Balaban J connectivity index is 1.38. The van der Waals surface area contributed by atoms with E-state index in [9.17, 15) is 0 Å². The van der Waals surface area contributed by atoms with Crippen molar-refractivity contribution in [3.05, 3.63) is 89.5 Å². The molecule has 180 valence electrons. The molecule has 7 heteroatoms.